The van der Waals surface area contributed by atoms with Crippen molar-refractivity contribution in [1.29, 1.82) is 0 Å². The van der Waals surface area contributed by atoms with Crippen LogP contribution in [0.25, 0.3) is 0 Å². The third-order valence-electron chi connectivity index (χ3n) is 3.11. The Hall–Kier alpha value is -1.96. The van der Waals surface area contributed by atoms with Crippen LogP contribution in [-0.4, -0.2) is 39.2 Å². The van der Waals surface area contributed by atoms with Gasteiger partial charge in [0.15, 0.2) is 0 Å². The minimum Gasteiger partial charge on any atom is -0.396 e. The zero-order valence-electron chi connectivity index (χ0n) is 12.7. The highest BCUT2D eigenvalue weighted by Gasteiger charge is 2.25. The van der Waals surface area contributed by atoms with Crippen LogP contribution in [-0.2, 0) is 0 Å². The summed E-state index contributed by atoms with van der Waals surface area (Å²) in [6.45, 7) is 6.54. The summed E-state index contributed by atoms with van der Waals surface area (Å²) in [5.41, 5.74) is -0.158. The molecule has 8 nitrogen and oxygen atoms in total. The molecule has 8 heteroatoms. The van der Waals surface area contributed by atoms with E-state index in [0.717, 1.165) is 6.42 Å². The van der Waals surface area contributed by atoms with E-state index in [1.807, 2.05) is 20.8 Å². The summed E-state index contributed by atoms with van der Waals surface area (Å²) in [7, 11) is 0. The lowest BCUT2D eigenvalue weighted by molar-refractivity contribution is -0.383. The van der Waals surface area contributed by atoms with Crippen LogP contribution in [0.4, 0.5) is 17.3 Å². The maximum absolute atomic E-state index is 11.3. The van der Waals surface area contributed by atoms with Crippen LogP contribution in [0.15, 0.2) is 6.33 Å². The van der Waals surface area contributed by atoms with Gasteiger partial charge in [0.1, 0.15) is 6.33 Å². The van der Waals surface area contributed by atoms with Gasteiger partial charge in [0.05, 0.1) is 4.92 Å². The zero-order chi connectivity index (χ0) is 15.8. The number of hydrogen-bond donors (Lipinski definition) is 3. The first-order valence-electron chi connectivity index (χ1n) is 7.11. The summed E-state index contributed by atoms with van der Waals surface area (Å²) < 4.78 is 0. The molecule has 3 N–H and O–H groups in total. The van der Waals surface area contributed by atoms with Crippen molar-refractivity contribution in [2.24, 2.45) is 5.92 Å². The van der Waals surface area contributed by atoms with Gasteiger partial charge in [-0.1, -0.05) is 20.8 Å². The summed E-state index contributed by atoms with van der Waals surface area (Å²) in [4.78, 5) is 18.8. The molecule has 0 bridgehead atoms. The Morgan fingerprint density at radius 2 is 2.05 bits per heavy atom. The standard InChI is InChI=1S/C13H23N5O3/c1-4-6-14-12-11(18(20)21)13(16-8-15-12)17-10(5-7-19)9(2)3/h8-10,19H,4-7H2,1-3H3,(H2,14,15,16,17). The first-order valence-corrected chi connectivity index (χ1v) is 7.11. The average Bonchev–Trinajstić information content (AvgIpc) is 2.44. The molecule has 1 heterocycles. The van der Waals surface area contributed by atoms with Gasteiger partial charge in [-0.25, -0.2) is 9.97 Å². The molecule has 1 rings (SSSR count). The molecule has 0 radical (unpaired) electrons. The Bertz CT molecular complexity index is 467. The Kier molecular flexibility index (Phi) is 6.80. The molecule has 1 aromatic rings. The van der Waals surface area contributed by atoms with Crippen molar-refractivity contribution < 1.29 is 10.0 Å². The minimum absolute atomic E-state index is 0.00959. The molecule has 0 fully saturated rings. The van der Waals surface area contributed by atoms with Crippen LogP contribution in [0.1, 0.15) is 33.6 Å². The van der Waals surface area contributed by atoms with E-state index in [2.05, 4.69) is 20.6 Å². The van der Waals surface area contributed by atoms with E-state index < -0.39 is 4.92 Å². The number of nitrogens with zero attached hydrogens (tertiary/aromatic N) is 3. The molecular weight excluding hydrogens is 274 g/mol. The topological polar surface area (TPSA) is 113 Å². The van der Waals surface area contributed by atoms with Gasteiger partial charge in [-0.2, -0.15) is 0 Å². The maximum Gasteiger partial charge on any atom is 0.353 e. The van der Waals surface area contributed by atoms with Crippen LogP contribution in [0.3, 0.4) is 0 Å². The predicted octanol–water partition coefficient (Wildman–Crippen LogP) is 2.03. The molecule has 1 aromatic heterocycles. The van der Waals surface area contributed by atoms with Gasteiger partial charge >= 0.3 is 5.69 Å². The number of anilines is 2. The quantitative estimate of drug-likeness (QED) is 0.472. The van der Waals surface area contributed by atoms with E-state index >= 15 is 0 Å². The van der Waals surface area contributed by atoms with E-state index in [0.29, 0.717) is 13.0 Å². The lowest BCUT2D eigenvalue weighted by Crippen LogP contribution is -2.28. The molecule has 0 saturated carbocycles. The maximum atomic E-state index is 11.3. The summed E-state index contributed by atoms with van der Waals surface area (Å²) in [6.07, 6.45) is 2.63. The molecule has 0 aliphatic rings. The summed E-state index contributed by atoms with van der Waals surface area (Å²) in [5, 5.41) is 26.4. The molecule has 0 aromatic carbocycles. The predicted molar refractivity (Wildman–Crippen MR) is 81.4 cm³/mol. The zero-order valence-corrected chi connectivity index (χ0v) is 12.7. The number of nitrogens with one attached hydrogen (secondary N) is 2. The van der Waals surface area contributed by atoms with Crippen LogP contribution >= 0.6 is 0 Å². The first-order chi connectivity index (χ1) is 10.0. The number of aliphatic hydroxyl groups excluding tert-OH is 1. The molecule has 0 amide bonds. The highest BCUT2D eigenvalue weighted by Crippen LogP contribution is 2.30. The van der Waals surface area contributed by atoms with E-state index in [-0.39, 0.29) is 35.9 Å². The van der Waals surface area contributed by atoms with Crippen molar-refractivity contribution >= 4 is 17.3 Å². The Morgan fingerprint density at radius 3 is 2.57 bits per heavy atom. The highest BCUT2D eigenvalue weighted by atomic mass is 16.6. The lowest BCUT2D eigenvalue weighted by Gasteiger charge is -2.22. The SMILES string of the molecule is CCCNc1ncnc(NC(CCO)C(C)C)c1[N+](=O)[O-]. The van der Waals surface area contributed by atoms with Gasteiger partial charge in [0, 0.05) is 19.2 Å². The summed E-state index contributed by atoms with van der Waals surface area (Å²) in [5.74, 6) is 0.602. The van der Waals surface area contributed by atoms with Crippen molar-refractivity contribution in [2.75, 3.05) is 23.8 Å². The van der Waals surface area contributed by atoms with E-state index in [9.17, 15) is 10.1 Å². The highest BCUT2D eigenvalue weighted by molar-refractivity contribution is 5.69. The molecular formula is C13H23N5O3. The summed E-state index contributed by atoms with van der Waals surface area (Å²) >= 11 is 0. The Labute approximate surface area is 124 Å². The fourth-order valence-corrected chi connectivity index (χ4v) is 1.92. The normalized spacial score (nSPS) is 12.2. The third-order valence-corrected chi connectivity index (χ3v) is 3.11. The van der Waals surface area contributed by atoms with Crippen LogP contribution < -0.4 is 10.6 Å². The molecule has 1 atom stereocenters. The first kappa shape index (κ1) is 17.1. The van der Waals surface area contributed by atoms with Gasteiger partial charge in [0.25, 0.3) is 0 Å². The van der Waals surface area contributed by atoms with E-state index in [4.69, 9.17) is 5.11 Å². The number of nitro groups is 1. The number of rotatable bonds is 9. The second-order valence-electron chi connectivity index (χ2n) is 5.11. The number of hydrogen-bond acceptors (Lipinski definition) is 7. The molecule has 0 saturated heterocycles. The Morgan fingerprint density at radius 1 is 1.38 bits per heavy atom. The van der Waals surface area contributed by atoms with Crippen molar-refractivity contribution in [1.82, 2.24) is 9.97 Å². The lowest BCUT2D eigenvalue weighted by atomic mass is 10.0. The van der Waals surface area contributed by atoms with Gasteiger partial charge in [-0.15, -0.1) is 0 Å². The van der Waals surface area contributed by atoms with Gasteiger partial charge in [-0.05, 0) is 18.8 Å². The van der Waals surface area contributed by atoms with Crippen molar-refractivity contribution in [3.63, 3.8) is 0 Å². The Balaban J connectivity index is 3.07. The molecule has 1 unspecified atom stereocenters. The molecule has 0 spiro atoms. The van der Waals surface area contributed by atoms with Crippen molar-refractivity contribution in [3.05, 3.63) is 16.4 Å². The smallest absolute Gasteiger partial charge is 0.353 e. The molecule has 0 aliphatic heterocycles. The van der Waals surface area contributed by atoms with Crippen molar-refractivity contribution in [3.8, 4) is 0 Å². The van der Waals surface area contributed by atoms with Crippen molar-refractivity contribution in [2.45, 2.75) is 39.7 Å². The van der Waals surface area contributed by atoms with Gasteiger partial charge in [-0.3, -0.25) is 10.1 Å². The van der Waals surface area contributed by atoms with Crippen LogP contribution in [0.2, 0.25) is 0 Å². The molecule has 21 heavy (non-hydrogen) atoms. The van der Waals surface area contributed by atoms with Crippen LogP contribution in [0.5, 0.6) is 0 Å². The largest absolute Gasteiger partial charge is 0.396 e. The van der Waals surface area contributed by atoms with Gasteiger partial charge in [0.2, 0.25) is 11.6 Å². The average molecular weight is 297 g/mol. The van der Waals surface area contributed by atoms with E-state index in [1.165, 1.54) is 6.33 Å². The molecule has 118 valence electrons. The second-order valence-corrected chi connectivity index (χ2v) is 5.11. The van der Waals surface area contributed by atoms with Crippen LogP contribution in [0, 0.1) is 16.0 Å². The monoisotopic (exact) mass is 297 g/mol. The fraction of sp³-hybridized carbons (Fsp3) is 0.692. The second kappa shape index (κ2) is 8.35. The minimum atomic E-state index is -0.489. The molecule has 0 aliphatic carbocycles. The number of aromatic nitrogens is 2. The summed E-state index contributed by atoms with van der Waals surface area (Å²) in [6, 6.07) is -0.0948. The fourth-order valence-electron chi connectivity index (χ4n) is 1.92. The van der Waals surface area contributed by atoms with Gasteiger partial charge < -0.3 is 15.7 Å². The number of aliphatic hydroxyl groups is 1. The van der Waals surface area contributed by atoms with E-state index in [1.54, 1.807) is 0 Å². The third kappa shape index (κ3) is 4.82.